The van der Waals surface area contributed by atoms with Crippen LogP contribution in [0.2, 0.25) is 0 Å². The van der Waals surface area contributed by atoms with E-state index in [0.29, 0.717) is 17.6 Å². The molecule has 1 heterocycles. The molecule has 1 aliphatic heterocycles. The number of hydrogen-bond acceptors (Lipinski definition) is 3. The van der Waals surface area contributed by atoms with Crippen LogP contribution in [0.3, 0.4) is 0 Å². The minimum atomic E-state index is 0.385. The van der Waals surface area contributed by atoms with Crippen molar-refractivity contribution in [3.05, 3.63) is 0 Å². The molecular formula is C14H30N2O. The zero-order chi connectivity index (χ0) is 12.9. The van der Waals surface area contributed by atoms with Crippen molar-refractivity contribution in [3.8, 4) is 0 Å². The fourth-order valence-electron chi connectivity index (χ4n) is 2.76. The average molecular weight is 242 g/mol. The average Bonchev–Trinajstić information content (AvgIpc) is 2.15. The van der Waals surface area contributed by atoms with Crippen LogP contribution in [0.1, 0.15) is 47.0 Å². The molecule has 1 fully saturated rings. The molecule has 0 unspecified atom stereocenters. The van der Waals surface area contributed by atoms with E-state index in [1.807, 2.05) is 0 Å². The first kappa shape index (κ1) is 14.9. The van der Waals surface area contributed by atoms with Crippen molar-refractivity contribution in [1.82, 2.24) is 4.90 Å². The predicted molar refractivity (Wildman–Crippen MR) is 73.1 cm³/mol. The van der Waals surface area contributed by atoms with Gasteiger partial charge in [0.2, 0.25) is 0 Å². The van der Waals surface area contributed by atoms with Crippen molar-refractivity contribution in [2.45, 2.75) is 59.2 Å². The fraction of sp³-hybridized carbons (Fsp3) is 1.00. The van der Waals surface area contributed by atoms with Gasteiger partial charge in [-0.15, -0.1) is 0 Å². The highest BCUT2D eigenvalue weighted by Crippen LogP contribution is 2.26. The van der Waals surface area contributed by atoms with E-state index in [1.165, 1.54) is 19.4 Å². The molecule has 3 heteroatoms. The Balaban J connectivity index is 2.22. The fourth-order valence-corrected chi connectivity index (χ4v) is 2.76. The van der Waals surface area contributed by atoms with Gasteiger partial charge in [-0.3, -0.25) is 4.90 Å². The minimum Gasteiger partial charge on any atom is -0.373 e. The van der Waals surface area contributed by atoms with E-state index in [9.17, 15) is 0 Å². The summed E-state index contributed by atoms with van der Waals surface area (Å²) in [5.41, 5.74) is 6.04. The summed E-state index contributed by atoms with van der Waals surface area (Å²) in [5.74, 6) is 0. The number of hydrogen-bond donors (Lipinski definition) is 1. The second kappa shape index (κ2) is 6.72. The molecule has 0 spiro atoms. The Morgan fingerprint density at radius 1 is 1.18 bits per heavy atom. The van der Waals surface area contributed by atoms with Crippen molar-refractivity contribution >= 4 is 0 Å². The van der Waals surface area contributed by atoms with Gasteiger partial charge in [-0.1, -0.05) is 13.8 Å². The summed E-state index contributed by atoms with van der Waals surface area (Å²) in [6.07, 6.45) is 4.44. The molecule has 102 valence electrons. The quantitative estimate of drug-likeness (QED) is 0.776. The number of morpholine rings is 1. The number of nitrogens with two attached hydrogens (primary N) is 1. The van der Waals surface area contributed by atoms with Gasteiger partial charge in [-0.2, -0.15) is 0 Å². The summed E-state index contributed by atoms with van der Waals surface area (Å²) in [7, 11) is 0. The Morgan fingerprint density at radius 3 is 2.29 bits per heavy atom. The van der Waals surface area contributed by atoms with E-state index < -0.39 is 0 Å². The van der Waals surface area contributed by atoms with E-state index >= 15 is 0 Å². The van der Waals surface area contributed by atoms with Crippen LogP contribution in [-0.4, -0.2) is 43.3 Å². The molecular weight excluding hydrogens is 212 g/mol. The van der Waals surface area contributed by atoms with Crippen LogP contribution in [0.15, 0.2) is 0 Å². The smallest absolute Gasteiger partial charge is 0.0678 e. The van der Waals surface area contributed by atoms with Crippen LogP contribution in [0, 0.1) is 5.41 Å². The first-order valence-corrected chi connectivity index (χ1v) is 7.01. The third-order valence-electron chi connectivity index (χ3n) is 3.64. The van der Waals surface area contributed by atoms with E-state index in [1.54, 1.807) is 0 Å². The van der Waals surface area contributed by atoms with Gasteiger partial charge in [-0.05, 0) is 51.6 Å². The van der Waals surface area contributed by atoms with Crippen molar-refractivity contribution in [3.63, 3.8) is 0 Å². The summed E-state index contributed by atoms with van der Waals surface area (Å²) in [6, 6.07) is 0. The predicted octanol–water partition coefficient (Wildman–Crippen LogP) is 2.25. The zero-order valence-electron chi connectivity index (χ0n) is 12.0. The van der Waals surface area contributed by atoms with Crippen LogP contribution >= 0.6 is 0 Å². The number of ether oxygens (including phenoxy) is 1. The maximum Gasteiger partial charge on any atom is 0.0678 e. The SMILES string of the molecule is C[C@@H]1CN(CCCC(C)(C)CCN)C[C@H](C)O1. The maximum absolute atomic E-state index is 5.74. The molecule has 0 radical (unpaired) electrons. The van der Waals surface area contributed by atoms with Gasteiger partial charge in [0, 0.05) is 13.1 Å². The highest BCUT2D eigenvalue weighted by molar-refractivity contribution is 4.75. The lowest BCUT2D eigenvalue weighted by molar-refractivity contribution is -0.0685. The zero-order valence-corrected chi connectivity index (χ0v) is 12.0. The van der Waals surface area contributed by atoms with Crippen LogP contribution in [-0.2, 0) is 4.74 Å². The first-order valence-electron chi connectivity index (χ1n) is 7.01. The van der Waals surface area contributed by atoms with Gasteiger partial charge in [-0.25, -0.2) is 0 Å². The van der Waals surface area contributed by atoms with E-state index in [4.69, 9.17) is 10.5 Å². The third kappa shape index (κ3) is 5.84. The van der Waals surface area contributed by atoms with Crippen LogP contribution < -0.4 is 5.73 Å². The van der Waals surface area contributed by atoms with Gasteiger partial charge in [0.1, 0.15) is 0 Å². The minimum absolute atomic E-state index is 0.385. The lowest BCUT2D eigenvalue weighted by Crippen LogP contribution is -2.45. The van der Waals surface area contributed by atoms with Crippen molar-refractivity contribution in [2.75, 3.05) is 26.2 Å². The lowest BCUT2D eigenvalue weighted by Gasteiger charge is -2.36. The molecule has 0 amide bonds. The largest absolute Gasteiger partial charge is 0.373 e. The Labute approximate surface area is 107 Å². The normalized spacial score (nSPS) is 27.4. The molecule has 0 aromatic heterocycles. The molecule has 0 aromatic rings. The Kier molecular flexibility index (Phi) is 5.90. The molecule has 17 heavy (non-hydrogen) atoms. The molecule has 3 nitrogen and oxygen atoms in total. The van der Waals surface area contributed by atoms with Gasteiger partial charge < -0.3 is 10.5 Å². The van der Waals surface area contributed by atoms with Gasteiger partial charge in [0.15, 0.2) is 0 Å². The third-order valence-corrected chi connectivity index (χ3v) is 3.64. The Morgan fingerprint density at radius 2 is 1.76 bits per heavy atom. The molecule has 1 saturated heterocycles. The molecule has 0 aliphatic carbocycles. The Hall–Kier alpha value is -0.120. The lowest BCUT2D eigenvalue weighted by atomic mass is 9.84. The molecule has 0 aromatic carbocycles. The second-order valence-electron chi connectivity index (χ2n) is 6.32. The van der Waals surface area contributed by atoms with Crippen molar-refractivity contribution < 1.29 is 4.74 Å². The van der Waals surface area contributed by atoms with Gasteiger partial charge in [0.05, 0.1) is 12.2 Å². The summed E-state index contributed by atoms with van der Waals surface area (Å²) in [6.45, 7) is 13.2. The van der Waals surface area contributed by atoms with E-state index in [0.717, 1.165) is 26.1 Å². The van der Waals surface area contributed by atoms with E-state index in [-0.39, 0.29) is 0 Å². The first-order chi connectivity index (χ1) is 7.93. The monoisotopic (exact) mass is 242 g/mol. The Bertz CT molecular complexity index is 208. The molecule has 1 rings (SSSR count). The molecule has 2 atom stereocenters. The van der Waals surface area contributed by atoms with Crippen LogP contribution in [0.4, 0.5) is 0 Å². The van der Waals surface area contributed by atoms with Crippen molar-refractivity contribution in [2.24, 2.45) is 11.1 Å². The standard InChI is InChI=1S/C14H30N2O/c1-12-10-16(11-13(2)17-12)9-5-6-14(3,4)7-8-15/h12-13H,5-11,15H2,1-4H3/t12-,13+. The second-order valence-corrected chi connectivity index (χ2v) is 6.32. The van der Waals surface area contributed by atoms with E-state index in [2.05, 4.69) is 32.6 Å². The highest BCUT2D eigenvalue weighted by Gasteiger charge is 2.22. The number of rotatable bonds is 6. The molecule has 2 N–H and O–H groups in total. The van der Waals surface area contributed by atoms with Crippen LogP contribution in [0.25, 0.3) is 0 Å². The van der Waals surface area contributed by atoms with Gasteiger partial charge >= 0.3 is 0 Å². The van der Waals surface area contributed by atoms with Gasteiger partial charge in [0.25, 0.3) is 0 Å². The summed E-state index contributed by atoms with van der Waals surface area (Å²) in [4.78, 5) is 2.54. The molecule has 0 saturated carbocycles. The topological polar surface area (TPSA) is 38.5 Å². The molecule has 1 aliphatic rings. The van der Waals surface area contributed by atoms with Crippen molar-refractivity contribution in [1.29, 1.82) is 0 Å². The maximum atomic E-state index is 5.74. The highest BCUT2D eigenvalue weighted by atomic mass is 16.5. The summed E-state index contributed by atoms with van der Waals surface area (Å²) >= 11 is 0. The summed E-state index contributed by atoms with van der Waals surface area (Å²) < 4.78 is 5.74. The molecule has 0 bridgehead atoms. The summed E-state index contributed by atoms with van der Waals surface area (Å²) in [5, 5.41) is 0. The number of nitrogens with zero attached hydrogens (tertiary/aromatic N) is 1. The van der Waals surface area contributed by atoms with Crippen LogP contribution in [0.5, 0.6) is 0 Å².